The largest absolute Gasteiger partial charge is 0.325 e. The molecule has 1 heterocycles. The van der Waals surface area contributed by atoms with Crippen LogP contribution in [0.4, 0.5) is 5.13 Å². The van der Waals surface area contributed by atoms with Crippen molar-refractivity contribution in [3.8, 4) is 0 Å². The number of nitrogens with two attached hydrogens (primary N) is 1. The van der Waals surface area contributed by atoms with E-state index < -0.39 is 0 Å². The van der Waals surface area contributed by atoms with E-state index in [1.54, 1.807) is 0 Å². The topological polar surface area (TPSA) is 68.0 Å². The van der Waals surface area contributed by atoms with Gasteiger partial charge in [0.05, 0.1) is 10.2 Å². The Hall–Kier alpha value is -1.46. The molecule has 0 spiro atoms. The molecular weight excluding hydrogens is 270 g/mol. The summed E-state index contributed by atoms with van der Waals surface area (Å²) >= 11 is 1.50. The molecule has 0 bridgehead atoms. The summed E-state index contributed by atoms with van der Waals surface area (Å²) in [5.74, 6) is -0.0199. The number of hydrogen-bond acceptors (Lipinski definition) is 4. The van der Waals surface area contributed by atoms with Crippen molar-refractivity contribution in [1.29, 1.82) is 0 Å². The number of para-hydroxylation sites is 1. The average molecular weight is 289 g/mol. The third-order valence-electron chi connectivity index (χ3n) is 3.90. The van der Waals surface area contributed by atoms with Crippen LogP contribution in [0.25, 0.3) is 10.2 Å². The molecule has 1 aliphatic rings. The summed E-state index contributed by atoms with van der Waals surface area (Å²) in [6, 6.07) is 7.88. The lowest BCUT2D eigenvalue weighted by Crippen LogP contribution is -2.44. The number of amides is 1. The molecule has 1 aromatic heterocycles. The van der Waals surface area contributed by atoms with Crippen LogP contribution < -0.4 is 11.1 Å². The van der Waals surface area contributed by atoms with Gasteiger partial charge in [-0.05, 0) is 25.0 Å². The number of nitrogens with one attached hydrogen (secondary N) is 1. The van der Waals surface area contributed by atoms with E-state index in [2.05, 4.69) is 10.3 Å². The van der Waals surface area contributed by atoms with E-state index in [1.165, 1.54) is 17.8 Å². The highest BCUT2D eigenvalue weighted by atomic mass is 32.1. The first kappa shape index (κ1) is 13.5. The Morgan fingerprint density at radius 3 is 2.80 bits per heavy atom. The highest BCUT2D eigenvalue weighted by Gasteiger charge is 2.30. The zero-order chi connectivity index (χ0) is 14.0. The first-order chi connectivity index (χ1) is 9.65. The second-order valence-corrected chi connectivity index (χ2v) is 6.67. The number of rotatable bonds is 3. The number of fused-ring (bicyclic) bond motifs is 1. The Morgan fingerprint density at radius 2 is 2.05 bits per heavy atom. The molecule has 0 atom stereocenters. The number of aromatic nitrogens is 1. The smallest absolute Gasteiger partial charge is 0.228 e. The second-order valence-electron chi connectivity index (χ2n) is 5.63. The van der Waals surface area contributed by atoms with Crippen LogP contribution in [0.2, 0.25) is 0 Å². The lowest BCUT2D eigenvalue weighted by atomic mass is 9.80. The predicted octanol–water partition coefficient (Wildman–Crippen LogP) is 3.29. The van der Waals surface area contributed by atoms with Crippen LogP contribution in [0.3, 0.4) is 0 Å². The molecule has 1 saturated carbocycles. The van der Waals surface area contributed by atoms with Gasteiger partial charge in [-0.1, -0.05) is 42.7 Å². The molecule has 106 valence electrons. The zero-order valence-electron chi connectivity index (χ0n) is 11.4. The van der Waals surface area contributed by atoms with Gasteiger partial charge in [-0.15, -0.1) is 0 Å². The monoisotopic (exact) mass is 289 g/mol. The molecule has 20 heavy (non-hydrogen) atoms. The molecule has 1 amide bonds. The SMILES string of the molecule is NC1(CC(=O)Nc2nc3ccccc3s2)CCCCC1. The van der Waals surface area contributed by atoms with E-state index in [1.807, 2.05) is 24.3 Å². The minimum Gasteiger partial charge on any atom is -0.325 e. The molecule has 0 radical (unpaired) electrons. The van der Waals surface area contributed by atoms with Gasteiger partial charge in [-0.25, -0.2) is 4.98 Å². The maximum absolute atomic E-state index is 12.1. The molecule has 4 nitrogen and oxygen atoms in total. The average Bonchev–Trinajstić information content (AvgIpc) is 2.80. The van der Waals surface area contributed by atoms with Gasteiger partial charge < -0.3 is 11.1 Å². The number of benzene rings is 1. The van der Waals surface area contributed by atoms with Gasteiger partial charge in [0.1, 0.15) is 0 Å². The quantitative estimate of drug-likeness (QED) is 0.911. The Kier molecular flexibility index (Phi) is 3.72. The summed E-state index contributed by atoms with van der Waals surface area (Å²) < 4.78 is 1.09. The summed E-state index contributed by atoms with van der Waals surface area (Å²) in [6.07, 6.45) is 5.78. The van der Waals surface area contributed by atoms with Crippen molar-refractivity contribution in [1.82, 2.24) is 4.98 Å². The zero-order valence-corrected chi connectivity index (χ0v) is 12.2. The van der Waals surface area contributed by atoms with Gasteiger partial charge in [-0.2, -0.15) is 0 Å². The maximum atomic E-state index is 12.1. The van der Waals surface area contributed by atoms with Crippen molar-refractivity contribution in [3.63, 3.8) is 0 Å². The van der Waals surface area contributed by atoms with Crippen molar-refractivity contribution in [2.75, 3.05) is 5.32 Å². The molecule has 3 rings (SSSR count). The summed E-state index contributed by atoms with van der Waals surface area (Å²) in [6.45, 7) is 0. The number of carbonyl (C=O) groups excluding carboxylic acids is 1. The number of anilines is 1. The van der Waals surface area contributed by atoms with Crippen LogP contribution in [-0.2, 0) is 4.79 Å². The van der Waals surface area contributed by atoms with E-state index in [9.17, 15) is 4.79 Å². The highest BCUT2D eigenvalue weighted by Crippen LogP contribution is 2.30. The van der Waals surface area contributed by atoms with E-state index >= 15 is 0 Å². The summed E-state index contributed by atoms with van der Waals surface area (Å²) in [5.41, 5.74) is 6.91. The number of carbonyl (C=O) groups is 1. The van der Waals surface area contributed by atoms with Crippen LogP contribution in [0, 0.1) is 0 Å². The molecule has 3 N–H and O–H groups in total. The van der Waals surface area contributed by atoms with Gasteiger partial charge in [0.25, 0.3) is 0 Å². The highest BCUT2D eigenvalue weighted by molar-refractivity contribution is 7.22. The molecule has 1 aromatic carbocycles. The van der Waals surface area contributed by atoms with Crippen molar-refractivity contribution >= 4 is 32.6 Å². The van der Waals surface area contributed by atoms with E-state index in [-0.39, 0.29) is 11.4 Å². The maximum Gasteiger partial charge on any atom is 0.228 e. The van der Waals surface area contributed by atoms with Crippen LogP contribution in [0.1, 0.15) is 38.5 Å². The molecule has 2 aromatic rings. The Morgan fingerprint density at radius 1 is 1.30 bits per heavy atom. The normalized spacial score (nSPS) is 18.1. The van der Waals surface area contributed by atoms with Crippen LogP contribution in [-0.4, -0.2) is 16.4 Å². The van der Waals surface area contributed by atoms with Gasteiger partial charge in [0, 0.05) is 12.0 Å². The third kappa shape index (κ3) is 2.99. The van der Waals surface area contributed by atoms with Gasteiger partial charge in [-0.3, -0.25) is 4.79 Å². The first-order valence-electron chi connectivity index (χ1n) is 7.09. The van der Waals surface area contributed by atoms with Crippen LogP contribution in [0.15, 0.2) is 24.3 Å². The minimum atomic E-state index is -0.320. The first-order valence-corrected chi connectivity index (χ1v) is 7.91. The lowest BCUT2D eigenvalue weighted by molar-refractivity contribution is -0.117. The number of hydrogen-bond donors (Lipinski definition) is 2. The van der Waals surface area contributed by atoms with Crippen LogP contribution in [0.5, 0.6) is 0 Å². The Balaban J connectivity index is 1.66. The molecule has 0 saturated heterocycles. The Bertz CT molecular complexity index is 583. The standard InChI is InChI=1S/C15H19N3OS/c16-15(8-4-1-5-9-15)10-13(19)18-14-17-11-6-2-3-7-12(11)20-14/h2-3,6-7H,1,4-5,8-10,16H2,(H,17,18,19). The van der Waals surface area contributed by atoms with E-state index in [0.717, 1.165) is 35.9 Å². The van der Waals surface area contributed by atoms with Crippen molar-refractivity contribution < 1.29 is 4.79 Å². The van der Waals surface area contributed by atoms with Gasteiger partial charge in [0.2, 0.25) is 5.91 Å². The summed E-state index contributed by atoms with van der Waals surface area (Å²) in [7, 11) is 0. The molecule has 1 aliphatic carbocycles. The number of nitrogens with zero attached hydrogens (tertiary/aromatic N) is 1. The van der Waals surface area contributed by atoms with Crippen molar-refractivity contribution in [2.24, 2.45) is 5.73 Å². The fourth-order valence-corrected chi connectivity index (χ4v) is 3.72. The third-order valence-corrected chi connectivity index (χ3v) is 4.85. The van der Waals surface area contributed by atoms with Crippen molar-refractivity contribution in [2.45, 2.75) is 44.1 Å². The molecular formula is C15H19N3OS. The fraction of sp³-hybridized carbons (Fsp3) is 0.467. The van der Waals surface area contributed by atoms with E-state index in [4.69, 9.17) is 5.73 Å². The lowest BCUT2D eigenvalue weighted by Gasteiger charge is -2.32. The Labute approximate surface area is 122 Å². The van der Waals surface area contributed by atoms with Gasteiger partial charge >= 0.3 is 0 Å². The van der Waals surface area contributed by atoms with Crippen LogP contribution >= 0.6 is 11.3 Å². The van der Waals surface area contributed by atoms with Crippen molar-refractivity contribution in [3.05, 3.63) is 24.3 Å². The van der Waals surface area contributed by atoms with E-state index in [0.29, 0.717) is 11.6 Å². The van der Waals surface area contributed by atoms with Gasteiger partial charge in [0.15, 0.2) is 5.13 Å². The molecule has 0 unspecified atom stereocenters. The molecule has 5 heteroatoms. The fourth-order valence-electron chi connectivity index (χ4n) is 2.84. The number of thiazole rings is 1. The minimum absolute atomic E-state index is 0.0199. The summed E-state index contributed by atoms with van der Waals surface area (Å²) in [5, 5.41) is 3.55. The second kappa shape index (κ2) is 5.50. The summed E-state index contributed by atoms with van der Waals surface area (Å²) in [4.78, 5) is 16.6. The predicted molar refractivity (Wildman–Crippen MR) is 82.9 cm³/mol. The molecule has 0 aliphatic heterocycles. The molecule has 1 fully saturated rings.